The second-order valence-electron chi connectivity index (χ2n) is 4.43. The van der Waals surface area contributed by atoms with Crippen molar-refractivity contribution in [2.45, 2.75) is 24.8 Å². The number of aliphatic hydroxyl groups excluding tert-OH is 1. The highest BCUT2D eigenvalue weighted by Crippen LogP contribution is 2.33. The van der Waals surface area contributed by atoms with Gasteiger partial charge in [-0.05, 0) is 5.53 Å². The van der Waals surface area contributed by atoms with Crippen LogP contribution in [0.5, 0.6) is 0 Å². The van der Waals surface area contributed by atoms with Crippen molar-refractivity contribution >= 4 is 22.8 Å². The highest BCUT2D eigenvalue weighted by atomic mass is 35.5. The van der Waals surface area contributed by atoms with Crippen molar-refractivity contribution in [2.24, 2.45) is 5.11 Å². The van der Waals surface area contributed by atoms with Gasteiger partial charge in [0.05, 0.1) is 25.1 Å². The molecule has 1 N–H and O–H groups in total. The van der Waals surface area contributed by atoms with Crippen LogP contribution in [0.15, 0.2) is 11.4 Å². The molecule has 0 amide bonds. The van der Waals surface area contributed by atoms with Gasteiger partial charge in [0, 0.05) is 11.3 Å². The van der Waals surface area contributed by atoms with Crippen LogP contribution < -0.4 is 0 Å². The Bertz CT molecular complexity index is 732. The lowest BCUT2D eigenvalue weighted by molar-refractivity contribution is -0.0233. The Labute approximate surface area is 122 Å². The molecular weight excluding hydrogens is 305 g/mol. The van der Waals surface area contributed by atoms with E-state index in [1.165, 1.54) is 10.9 Å². The third-order valence-corrected chi connectivity index (χ3v) is 3.51. The lowest BCUT2D eigenvalue weighted by Gasteiger charge is -2.13. The molecule has 1 aliphatic rings. The van der Waals surface area contributed by atoms with Crippen LogP contribution in [0, 0.1) is 6.08 Å². The van der Waals surface area contributed by atoms with E-state index in [9.17, 15) is 9.50 Å². The minimum Gasteiger partial charge on any atom is -0.394 e. The Morgan fingerprint density at radius 2 is 2.43 bits per heavy atom. The summed E-state index contributed by atoms with van der Waals surface area (Å²) in [5, 5.41) is 12.7. The summed E-state index contributed by atoms with van der Waals surface area (Å²) in [7, 11) is 0. The van der Waals surface area contributed by atoms with Gasteiger partial charge in [-0.2, -0.15) is 14.4 Å². The van der Waals surface area contributed by atoms with Crippen LogP contribution >= 0.6 is 11.6 Å². The summed E-state index contributed by atoms with van der Waals surface area (Å²) in [6, 6.07) is -0.524. The van der Waals surface area contributed by atoms with E-state index in [1.54, 1.807) is 0 Å². The molecule has 2 aromatic heterocycles. The van der Waals surface area contributed by atoms with Gasteiger partial charge in [-0.1, -0.05) is 16.7 Å². The summed E-state index contributed by atoms with van der Waals surface area (Å²) in [6.07, 6.45) is -0.497. The summed E-state index contributed by atoms with van der Waals surface area (Å²) in [4.78, 5) is 13.8. The third-order valence-electron chi connectivity index (χ3n) is 3.25. The number of rotatable bonds is 3. The maximum Gasteiger partial charge on any atom is 0.312 e. The molecule has 0 saturated carbocycles. The minimum absolute atomic E-state index is 0.0976. The van der Waals surface area contributed by atoms with E-state index in [-0.39, 0.29) is 22.9 Å². The van der Waals surface area contributed by atoms with Crippen molar-refractivity contribution in [3.63, 3.8) is 0 Å². The SMILES string of the molecule is [N-]=[N+]=N[C@H]1C[C@H](n2cnc3c(Cl)nc(F)nc32)O[C@@H]1CO. The second kappa shape index (κ2) is 5.41. The number of aliphatic hydroxyl groups is 1. The van der Waals surface area contributed by atoms with Crippen molar-refractivity contribution in [1.29, 1.82) is 0 Å². The largest absolute Gasteiger partial charge is 0.394 e. The van der Waals surface area contributed by atoms with Crippen molar-refractivity contribution in [3.8, 4) is 0 Å². The first-order valence-corrected chi connectivity index (χ1v) is 6.38. The molecule has 3 atom stereocenters. The standard InChI is InChI=1S/C10H9ClFN7O2/c11-8-7-9(16-10(12)15-8)19(3-14-7)6-1-4(17-18-13)5(2-20)21-6/h3-6,20H,1-2H2/t4-,5+,6+/m0/s1. The summed E-state index contributed by atoms with van der Waals surface area (Å²) in [5.41, 5.74) is 8.94. The Morgan fingerprint density at radius 1 is 1.62 bits per heavy atom. The van der Waals surface area contributed by atoms with Gasteiger partial charge in [0.15, 0.2) is 10.8 Å². The number of aromatic nitrogens is 4. The molecule has 1 fully saturated rings. The van der Waals surface area contributed by atoms with Crippen LogP contribution in [0.2, 0.25) is 5.15 Å². The first-order valence-electron chi connectivity index (χ1n) is 6.00. The van der Waals surface area contributed by atoms with Crippen LogP contribution in [-0.4, -0.2) is 43.4 Å². The molecule has 2 aromatic rings. The maximum absolute atomic E-state index is 13.3. The molecular formula is C10H9ClFN7O2. The number of hydrogen-bond donors (Lipinski definition) is 1. The van der Waals surface area contributed by atoms with Crippen LogP contribution in [-0.2, 0) is 4.74 Å². The zero-order valence-corrected chi connectivity index (χ0v) is 11.2. The Kier molecular flexibility index (Phi) is 3.60. The van der Waals surface area contributed by atoms with Crippen LogP contribution in [0.1, 0.15) is 12.6 Å². The number of fused-ring (bicyclic) bond motifs is 1. The van der Waals surface area contributed by atoms with E-state index in [0.717, 1.165) is 0 Å². The van der Waals surface area contributed by atoms with Gasteiger partial charge in [0.2, 0.25) is 0 Å². The first kappa shape index (κ1) is 14.0. The number of hydrogen-bond acceptors (Lipinski definition) is 6. The number of nitrogens with zero attached hydrogens (tertiary/aromatic N) is 7. The van der Waals surface area contributed by atoms with Gasteiger partial charge in [-0.3, -0.25) is 4.57 Å². The maximum atomic E-state index is 13.3. The quantitative estimate of drug-likeness (QED) is 0.303. The Balaban J connectivity index is 2.00. The van der Waals surface area contributed by atoms with E-state index in [2.05, 4.69) is 25.0 Å². The Hall–Kier alpha value is -2.00. The van der Waals surface area contributed by atoms with Gasteiger partial charge in [-0.25, -0.2) is 4.98 Å². The summed E-state index contributed by atoms with van der Waals surface area (Å²) in [5.74, 6) is 0. The number of azide groups is 1. The lowest BCUT2D eigenvalue weighted by Crippen LogP contribution is -2.22. The molecule has 1 aliphatic heterocycles. The number of ether oxygens (including phenoxy) is 1. The molecule has 1 saturated heterocycles. The van der Waals surface area contributed by atoms with E-state index in [4.69, 9.17) is 21.9 Å². The molecule has 0 radical (unpaired) electrons. The zero-order valence-electron chi connectivity index (χ0n) is 10.5. The molecule has 21 heavy (non-hydrogen) atoms. The van der Waals surface area contributed by atoms with Gasteiger partial charge >= 0.3 is 6.08 Å². The average molecular weight is 314 g/mol. The molecule has 0 spiro atoms. The fourth-order valence-corrected chi connectivity index (χ4v) is 2.51. The van der Waals surface area contributed by atoms with Crippen molar-refractivity contribution in [2.75, 3.05) is 6.61 Å². The second-order valence-corrected chi connectivity index (χ2v) is 4.79. The van der Waals surface area contributed by atoms with Crippen molar-refractivity contribution in [1.82, 2.24) is 19.5 Å². The number of halogens is 2. The van der Waals surface area contributed by atoms with Crippen molar-refractivity contribution in [3.05, 3.63) is 28.0 Å². The predicted molar refractivity (Wildman–Crippen MR) is 68.8 cm³/mol. The van der Waals surface area contributed by atoms with Crippen LogP contribution in [0.25, 0.3) is 21.6 Å². The van der Waals surface area contributed by atoms with Gasteiger partial charge in [0.1, 0.15) is 11.7 Å². The lowest BCUT2D eigenvalue weighted by atomic mass is 10.1. The topological polar surface area (TPSA) is 122 Å². The Morgan fingerprint density at radius 3 is 3.14 bits per heavy atom. The molecule has 3 heterocycles. The monoisotopic (exact) mass is 313 g/mol. The molecule has 0 aliphatic carbocycles. The fourth-order valence-electron chi connectivity index (χ4n) is 2.31. The van der Waals surface area contributed by atoms with Gasteiger partial charge < -0.3 is 9.84 Å². The van der Waals surface area contributed by atoms with Crippen LogP contribution in [0.4, 0.5) is 4.39 Å². The van der Waals surface area contributed by atoms with E-state index >= 15 is 0 Å². The number of imidazole rings is 1. The molecule has 9 nitrogen and oxygen atoms in total. The van der Waals surface area contributed by atoms with Crippen LogP contribution in [0.3, 0.4) is 0 Å². The molecule has 0 bridgehead atoms. The van der Waals surface area contributed by atoms with E-state index in [1.807, 2.05) is 0 Å². The summed E-state index contributed by atoms with van der Waals surface area (Å²) >= 11 is 5.80. The van der Waals surface area contributed by atoms with Gasteiger partial charge in [0.25, 0.3) is 0 Å². The van der Waals surface area contributed by atoms with Crippen molar-refractivity contribution < 1.29 is 14.2 Å². The highest BCUT2D eigenvalue weighted by molar-refractivity contribution is 6.33. The minimum atomic E-state index is -0.974. The smallest absolute Gasteiger partial charge is 0.312 e. The van der Waals surface area contributed by atoms with E-state index in [0.29, 0.717) is 6.42 Å². The zero-order chi connectivity index (χ0) is 15.0. The third kappa shape index (κ3) is 2.38. The molecule has 11 heteroatoms. The highest BCUT2D eigenvalue weighted by Gasteiger charge is 2.36. The van der Waals surface area contributed by atoms with E-state index < -0.39 is 24.5 Å². The normalized spacial score (nSPS) is 25.2. The average Bonchev–Trinajstić information content (AvgIpc) is 3.02. The molecule has 0 aromatic carbocycles. The molecule has 0 unspecified atom stereocenters. The molecule has 110 valence electrons. The first-order chi connectivity index (χ1) is 10.1. The summed E-state index contributed by atoms with van der Waals surface area (Å²) < 4.78 is 20.4. The molecule has 3 rings (SSSR count). The predicted octanol–water partition coefficient (Wildman–Crippen LogP) is 1.58. The van der Waals surface area contributed by atoms with Gasteiger partial charge in [-0.15, -0.1) is 0 Å². The fraction of sp³-hybridized carbons (Fsp3) is 0.500. The summed E-state index contributed by atoms with van der Waals surface area (Å²) in [6.45, 7) is -0.295.